The number of methoxy groups -OCH3 is 1. The molecule has 1 aliphatic carbocycles. The molecule has 1 aromatic carbocycles. The highest BCUT2D eigenvalue weighted by Gasteiger charge is 2.37. The Kier molecular flexibility index (Phi) is 6.90. The molecule has 0 spiro atoms. The van der Waals surface area contributed by atoms with Crippen LogP contribution in [-0.2, 0) is 11.3 Å². The van der Waals surface area contributed by atoms with Crippen molar-refractivity contribution >= 4 is 0 Å². The summed E-state index contributed by atoms with van der Waals surface area (Å²) in [5, 5.41) is 12.7. The minimum Gasteiger partial charge on any atom is -0.383 e. The summed E-state index contributed by atoms with van der Waals surface area (Å²) in [6, 6.07) is 9.97. The maximum absolute atomic E-state index is 5.27. The third kappa shape index (κ3) is 4.85. The van der Waals surface area contributed by atoms with Gasteiger partial charge in [-0.05, 0) is 43.0 Å². The van der Waals surface area contributed by atoms with Gasteiger partial charge in [0.15, 0.2) is 6.04 Å². The van der Waals surface area contributed by atoms with Crippen molar-refractivity contribution in [2.45, 2.75) is 57.7 Å². The molecule has 0 bridgehead atoms. The third-order valence-corrected chi connectivity index (χ3v) is 6.86. The first-order chi connectivity index (χ1) is 14.3. The second-order valence-electron chi connectivity index (χ2n) is 8.75. The molecular weight excluding hydrogens is 364 g/mol. The van der Waals surface area contributed by atoms with Gasteiger partial charge in [-0.15, -0.1) is 5.10 Å². The van der Waals surface area contributed by atoms with Crippen LogP contribution in [0.4, 0.5) is 0 Å². The number of hydrogen-bond acceptors (Lipinski definition) is 4. The Morgan fingerprint density at radius 3 is 2.48 bits per heavy atom. The summed E-state index contributed by atoms with van der Waals surface area (Å²) in [6.45, 7) is 8.29. The molecular formula is C22H36N6O+2. The van der Waals surface area contributed by atoms with E-state index in [1.165, 1.54) is 69.4 Å². The number of nitrogens with zero attached hydrogens (tertiary/aromatic N) is 4. The second kappa shape index (κ2) is 9.78. The lowest BCUT2D eigenvalue weighted by molar-refractivity contribution is -1.03. The number of benzene rings is 1. The summed E-state index contributed by atoms with van der Waals surface area (Å²) in [7, 11) is 1.72. The van der Waals surface area contributed by atoms with Gasteiger partial charge >= 0.3 is 0 Å². The Labute approximate surface area is 174 Å². The first kappa shape index (κ1) is 20.4. The van der Waals surface area contributed by atoms with Gasteiger partial charge in [0.25, 0.3) is 0 Å². The fourth-order valence-corrected chi connectivity index (χ4v) is 5.18. The van der Waals surface area contributed by atoms with E-state index in [0.717, 1.165) is 11.9 Å². The van der Waals surface area contributed by atoms with Crippen LogP contribution in [0.5, 0.6) is 0 Å². The molecule has 1 aromatic heterocycles. The largest absolute Gasteiger partial charge is 0.383 e. The highest BCUT2D eigenvalue weighted by atomic mass is 16.5. The van der Waals surface area contributed by atoms with E-state index >= 15 is 0 Å². The van der Waals surface area contributed by atoms with Gasteiger partial charge in [-0.2, -0.15) is 0 Å². The fourth-order valence-electron chi connectivity index (χ4n) is 5.18. The summed E-state index contributed by atoms with van der Waals surface area (Å²) in [5.41, 5.74) is 2.59. The van der Waals surface area contributed by atoms with Gasteiger partial charge in [0.05, 0.1) is 19.2 Å². The zero-order valence-corrected chi connectivity index (χ0v) is 17.9. The Morgan fingerprint density at radius 2 is 1.79 bits per heavy atom. The van der Waals surface area contributed by atoms with Crippen molar-refractivity contribution in [3.8, 4) is 0 Å². The molecule has 1 aliphatic heterocycles. The van der Waals surface area contributed by atoms with Gasteiger partial charge in [-0.25, -0.2) is 4.68 Å². The van der Waals surface area contributed by atoms with Crippen molar-refractivity contribution in [3.63, 3.8) is 0 Å². The summed E-state index contributed by atoms with van der Waals surface area (Å²) in [5.74, 6) is 0.960. The predicted molar refractivity (Wildman–Crippen MR) is 111 cm³/mol. The number of aromatic nitrogens is 4. The highest BCUT2D eigenvalue weighted by molar-refractivity contribution is 5.26. The molecule has 1 saturated carbocycles. The van der Waals surface area contributed by atoms with Gasteiger partial charge in [-0.3, -0.25) is 0 Å². The van der Waals surface area contributed by atoms with Crippen LogP contribution in [0.1, 0.15) is 55.1 Å². The van der Waals surface area contributed by atoms with E-state index in [9.17, 15) is 0 Å². The molecule has 0 radical (unpaired) electrons. The molecule has 2 aliphatic rings. The molecule has 158 valence electrons. The van der Waals surface area contributed by atoms with E-state index in [2.05, 4.69) is 46.7 Å². The van der Waals surface area contributed by atoms with Crippen LogP contribution >= 0.6 is 0 Å². The van der Waals surface area contributed by atoms with Crippen LogP contribution in [0, 0.1) is 6.92 Å². The van der Waals surface area contributed by atoms with Crippen molar-refractivity contribution in [2.24, 2.45) is 0 Å². The maximum Gasteiger partial charge on any atom is 0.214 e. The molecule has 2 aromatic rings. The van der Waals surface area contributed by atoms with Crippen molar-refractivity contribution in [1.29, 1.82) is 0 Å². The minimum atomic E-state index is 0.176. The lowest BCUT2D eigenvalue weighted by atomic mass is 9.93. The Hall–Kier alpha value is -1.83. The molecule has 7 nitrogen and oxygen atoms in total. The SMILES string of the molecule is COCCn1nnnc1[C@H](c1ccc(C)cc1)[NH+]1CC[NH+](C2CCCCC2)CC1. The first-order valence-electron chi connectivity index (χ1n) is 11.3. The lowest BCUT2D eigenvalue weighted by Gasteiger charge is -2.38. The van der Waals surface area contributed by atoms with Crippen LogP contribution in [0.15, 0.2) is 24.3 Å². The number of quaternary nitrogens is 2. The van der Waals surface area contributed by atoms with E-state index in [1.54, 1.807) is 12.0 Å². The molecule has 2 N–H and O–H groups in total. The average molecular weight is 401 g/mol. The van der Waals surface area contributed by atoms with E-state index in [1.807, 2.05) is 9.58 Å². The van der Waals surface area contributed by atoms with Crippen LogP contribution in [0.25, 0.3) is 0 Å². The molecule has 29 heavy (non-hydrogen) atoms. The molecule has 2 fully saturated rings. The average Bonchev–Trinajstić information content (AvgIpc) is 3.23. The topological polar surface area (TPSA) is 61.7 Å². The second-order valence-corrected chi connectivity index (χ2v) is 8.75. The van der Waals surface area contributed by atoms with Crippen LogP contribution < -0.4 is 9.80 Å². The van der Waals surface area contributed by atoms with Crippen molar-refractivity contribution in [1.82, 2.24) is 20.2 Å². The Balaban J connectivity index is 1.53. The molecule has 1 saturated heterocycles. The summed E-state index contributed by atoms with van der Waals surface area (Å²) < 4.78 is 7.20. The van der Waals surface area contributed by atoms with Gasteiger partial charge in [0.2, 0.25) is 5.82 Å². The molecule has 0 unspecified atom stereocenters. The van der Waals surface area contributed by atoms with Gasteiger partial charge in [-0.1, -0.05) is 36.2 Å². The molecule has 7 heteroatoms. The standard InChI is InChI=1S/C22H34N6O/c1-18-8-10-19(11-9-18)21(22-23-24-25-28(22)16-17-29-2)27-14-12-26(13-15-27)20-6-4-3-5-7-20/h8-11,20-21H,3-7,12-17H2,1-2H3/p+2/t21-/m0/s1. The van der Waals surface area contributed by atoms with E-state index in [0.29, 0.717) is 13.2 Å². The number of tetrazole rings is 1. The smallest absolute Gasteiger partial charge is 0.214 e. The quantitative estimate of drug-likeness (QED) is 0.678. The minimum absolute atomic E-state index is 0.176. The zero-order valence-electron chi connectivity index (χ0n) is 17.9. The van der Waals surface area contributed by atoms with Crippen molar-refractivity contribution in [2.75, 3.05) is 39.9 Å². The van der Waals surface area contributed by atoms with E-state index in [4.69, 9.17) is 4.74 Å². The Bertz CT molecular complexity index is 747. The highest BCUT2D eigenvalue weighted by Crippen LogP contribution is 2.18. The molecule has 1 atom stereocenters. The van der Waals surface area contributed by atoms with Gasteiger partial charge in [0, 0.05) is 12.7 Å². The monoisotopic (exact) mass is 400 g/mol. The van der Waals surface area contributed by atoms with Crippen LogP contribution in [0.2, 0.25) is 0 Å². The zero-order chi connectivity index (χ0) is 20.1. The predicted octanol–water partition coefficient (Wildman–Crippen LogP) is -0.167. The van der Waals surface area contributed by atoms with Crippen molar-refractivity contribution < 1.29 is 14.5 Å². The number of hydrogen-bond donors (Lipinski definition) is 2. The maximum atomic E-state index is 5.27. The Morgan fingerprint density at radius 1 is 1.07 bits per heavy atom. The molecule has 2 heterocycles. The number of aryl methyl sites for hydroxylation is 1. The number of nitrogens with one attached hydrogen (secondary N) is 2. The summed E-state index contributed by atoms with van der Waals surface area (Å²) in [6.07, 6.45) is 7.11. The first-order valence-corrected chi connectivity index (χ1v) is 11.3. The summed E-state index contributed by atoms with van der Waals surface area (Å²) >= 11 is 0. The summed E-state index contributed by atoms with van der Waals surface area (Å²) in [4.78, 5) is 3.41. The number of piperazine rings is 1. The number of rotatable bonds is 7. The lowest BCUT2D eigenvalue weighted by Crippen LogP contribution is -3.29. The molecule has 0 amide bonds. The molecule has 4 rings (SSSR count). The van der Waals surface area contributed by atoms with Crippen molar-refractivity contribution in [3.05, 3.63) is 41.2 Å². The normalized spacial score (nSPS) is 24.5. The van der Waals surface area contributed by atoms with Gasteiger partial charge < -0.3 is 14.5 Å². The van der Waals surface area contributed by atoms with Crippen LogP contribution in [-0.4, -0.2) is 66.1 Å². The fraction of sp³-hybridized carbons (Fsp3) is 0.682. The van der Waals surface area contributed by atoms with Crippen LogP contribution in [0.3, 0.4) is 0 Å². The van der Waals surface area contributed by atoms with Gasteiger partial charge in [0.1, 0.15) is 26.2 Å². The van der Waals surface area contributed by atoms with E-state index < -0.39 is 0 Å². The third-order valence-electron chi connectivity index (χ3n) is 6.86. The van der Waals surface area contributed by atoms with E-state index in [-0.39, 0.29) is 6.04 Å². The number of ether oxygens (including phenoxy) is 1.